The highest BCUT2D eigenvalue weighted by Crippen LogP contribution is 2.29. The topological polar surface area (TPSA) is 66.5 Å². The summed E-state index contributed by atoms with van der Waals surface area (Å²) in [5, 5.41) is 2.88. The summed E-state index contributed by atoms with van der Waals surface area (Å²) in [4.78, 5) is 11.9. The molecule has 2 rings (SSSR count). The number of aryl methyl sites for hydroxylation is 1. The summed E-state index contributed by atoms with van der Waals surface area (Å²) in [6.07, 6.45) is 0.582. The van der Waals surface area contributed by atoms with Gasteiger partial charge in [-0.05, 0) is 31.9 Å². The van der Waals surface area contributed by atoms with Crippen LogP contribution in [-0.2, 0) is 14.8 Å². The lowest BCUT2D eigenvalue weighted by atomic mass is 10.2. The normalized spacial score (nSPS) is 21.4. The Labute approximate surface area is 124 Å². The SMILES string of the molecule is Cc1cccc(Cl)c1S(=O)(=O)N1CCCNC(=O)C1C. The van der Waals surface area contributed by atoms with E-state index < -0.39 is 16.1 Å². The van der Waals surface area contributed by atoms with E-state index in [1.54, 1.807) is 32.0 Å². The molecule has 5 nitrogen and oxygen atoms in total. The molecule has 0 spiro atoms. The van der Waals surface area contributed by atoms with Crippen molar-refractivity contribution >= 4 is 27.5 Å². The number of carbonyl (C=O) groups excluding carboxylic acids is 1. The van der Waals surface area contributed by atoms with Gasteiger partial charge in [-0.2, -0.15) is 4.31 Å². The van der Waals surface area contributed by atoms with Crippen molar-refractivity contribution in [1.82, 2.24) is 9.62 Å². The maximum Gasteiger partial charge on any atom is 0.245 e. The standard InChI is InChI=1S/C13H17ClN2O3S/c1-9-5-3-6-11(14)12(9)20(18,19)16-8-4-7-15-13(17)10(16)2/h3,5-6,10H,4,7-8H2,1-2H3,(H,15,17). The number of rotatable bonds is 2. The average Bonchev–Trinajstić information content (AvgIpc) is 2.52. The van der Waals surface area contributed by atoms with Crippen LogP contribution < -0.4 is 5.32 Å². The quantitative estimate of drug-likeness (QED) is 0.900. The van der Waals surface area contributed by atoms with Crippen LogP contribution in [0.2, 0.25) is 5.02 Å². The summed E-state index contributed by atoms with van der Waals surface area (Å²) in [6.45, 7) is 4.06. The molecule has 1 fully saturated rings. The van der Waals surface area contributed by atoms with Crippen LogP contribution in [0.25, 0.3) is 0 Å². The number of carbonyl (C=O) groups is 1. The van der Waals surface area contributed by atoms with Gasteiger partial charge in [0.15, 0.2) is 0 Å². The molecule has 1 aliphatic heterocycles. The van der Waals surface area contributed by atoms with E-state index in [0.29, 0.717) is 25.1 Å². The summed E-state index contributed by atoms with van der Waals surface area (Å²) in [6, 6.07) is 4.21. The molecule has 20 heavy (non-hydrogen) atoms. The van der Waals surface area contributed by atoms with Crippen molar-refractivity contribution in [2.75, 3.05) is 13.1 Å². The molecule has 7 heteroatoms. The van der Waals surface area contributed by atoms with E-state index in [0.717, 1.165) is 0 Å². The number of sulfonamides is 1. The first kappa shape index (κ1) is 15.3. The van der Waals surface area contributed by atoms with Crippen molar-refractivity contribution in [2.45, 2.75) is 31.2 Å². The summed E-state index contributed by atoms with van der Waals surface area (Å²) >= 11 is 6.05. The van der Waals surface area contributed by atoms with Gasteiger partial charge in [-0.15, -0.1) is 0 Å². The van der Waals surface area contributed by atoms with Crippen molar-refractivity contribution < 1.29 is 13.2 Å². The first-order valence-electron chi connectivity index (χ1n) is 6.40. The van der Waals surface area contributed by atoms with E-state index in [1.165, 1.54) is 4.31 Å². The second-order valence-electron chi connectivity index (χ2n) is 4.82. The summed E-state index contributed by atoms with van der Waals surface area (Å²) < 4.78 is 26.8. The Balaban J connectivity index is 2.51. The van der Waals surface area contributed by atoms with E-state index in [4.69, 9.17) is 11.6 Å². The number of hydrogen-bond donors (Lipinski definition) is 1. The van der Waals surface area contributed by atoms with Crippen LogP contribution in [0.1, 0.15) is 18.9 Å². The highest BCUT2D eigenvalue weighted by molar-refractivity contribution is 7.89. The van der Waals surface area contributed by atoms with Crippen LogP contribution in [0.4, 0.5) is 0 Å². The van der Waals surface area contributed by atoms with Crippen LogP contribution in [0, 0.1) is 6.92 Å². The van der Waals surface area contributed by atoms with Crippen molar-refractivity contribution in [3.8, 4) is 0 Å². The third-order valence-electron chi connectivity index (χ3n) is 3.40. The third kappa shape index (κ3) is 2.68. The van der Waals surface area contributed by atoms with Crippen LogP contribution in [-0.4, -0.2) is 37.8 Å². The van der Waals surface area contributed by atoms with Gasteiger partial charge in [0.1, 0.15) is 10.9 Å². The molecular formula is C13H17ClN2O3S. The first-order valence-corrected chi connectivity index (χ1v) is 8.22. The minimum Gasteiger partial charge on any atom is -0.355 e. The maximum atomic E-state index is 12.8. The number of benzene rings is 1. The van der Waals surface area contributed by atoms with Crippen LogP contribution in [0.15, 0.2) is 23.1 Å². The molecule has 1 saturated heterocycles. The Bertz CT molecular complexity index is 610. The Morgan fingerprint density at radius 2 is 2.10 bits per heavy atom. The molecule has 0 aromatic heterocycles. The Morgan fingerprint density at radius 1 is 1.40 bits per heavy atom. The minimum absolute atomic E-state index is 0.0863. The first-order chi connectivity index (χ1) is 9.35. The Hall–Kier alpha value is -1.11. The zero-order chi connectivity index (χ0) is 14.9. The van der Waals surface area contributed by atoms with E-state index in [2.05, 4.69) is 5.32 Å². The van der Waals surface area contributed by atoms with Crippen molar-refractivity contribution in [3.63, 3.8) is 0 Å². The van der Waals surface area contributed by atoms with E-state index in [1.807, 2.05) is 0 Å². The third-order valence-corrected chi connectivity index (χ3v) is 6.00. The summed E-state index contributed by atoms with van der Waals surface area (Å²) in [5.74, 6) is -0.282. The molecule has 1 atom stereocenters. The van der Waals surface area contributed by atoms with Gasteiger partial charge < -0.3 is 5.32 Å². The smallest absolute Gasteiger partial charge is 0.245 e. The van der Waals surface area contributed by atoms with E-state index in [9.17, 15) is 13.2 Å². The second-order valence-corrected chi connectivity index (χ2v) is 7.06. The molecule has 1 heterocycles. The zero-order valence-electron chi connectivity index (χ0n) is 11.4. The van der Waals surface area contributed by atoms with Gasteiger partial charge in [0.25, 0.3) is 0 Å². The average molecular weight is 317 g/mol. The van der Waals surface area contributed by atoms with Crippen molar-refractivity contribution in [3.05, 3.63) is 28.8 Å². The number of amides is 1. The highest BCUT2D eigenvalue weighted by atomic mass is 35.5. The predicted octanol–water partition coefficient (Wildman–Crippen LogP) is 1.55. The van der Waals surface area contributed by atoms with Crippen LogP contribution in [0.3, 0.4) is 0 Å². The van der Waals surface area contributed by atoms with Gasteiger partial charge >= 0.3 is 0 Å². The largest absolute Gasteiger partial charge is 0.355 e. The lowest BCUT2D eigenvalue weighted by Gasteiger charge is -2.26. The molecule has 0 aliphatic carbocycles. The predicted molar refractivity (Wildman–Crippen MR) is 77.2 cm³/mol. The lowest BCUT2D eigenvalue weighted by Crippen LogP contribution is -2.45. The van der Waals surface area contributed by atoms with Gasteiger partial charge in [-0.1, -0.05) is 23.7 Å². The molecule has 1 N–H and O–H groups in total. The van der Waals surface area contributed by atoms with Crippen LogP contribution >= 0.6 is 11.6 Å². The molecule has 110 valence electrons. The van der Waals surface area contributed by atoms with Gasteiger partial charge in [0, 0.05) is 13.1 Å². The summed E-state index contributed by atoms with van der Waals surface area (Å²) in [7, 11) is -3.79. The molecule has 1 aliphatic rings. The number of nitrogens with zero attached hydrogens (tertiary/aromatic N) is 1. The fourth-order valence-corrected chi connectivity index (χ4v) is 4.73. The molecule has 1 unspecified atom stereocenters. The van der Waals surface area contributed by atoms with Gasteiger partial charge in [0.2, 0.25) is 15.9 Å². The van der Waals surface area contributed by atoms with Gasteiger partial charge in [0.05, 0.1) is 5.02 Å². The maximum absolute atomic E-state index is 12.8. The molecule has 0 saturated carbocycles. The molecule has 0 radical (unpaired) electrons. The van der Waals surface area contributed by atoms with Gasteiger partial charge in [-0.25, -0.2) is 8.42 Å². The Morgan fingerprint density at radius 3 is 2.75 bits per heavy atom. The summed E-state index contributed by atoms with van der Waals surface area (Å²) in [5.41, 5.74) is 0.578. The number of halogens is 1. The zero-order valence-corrected chi connectivity index (χ0v) is 13.0. The van der Waals surface area contributed by atoms with E-state index >= 15 is 0 Å². The number of nitrogens with one attached hydrogen (secondary N) is 1. The molecule has 1 aromatic rings. The monoisotopic (exact) mass is 316 g/mol. The number of hydrogen-bond acceptors (Lipinski definition) is 3. The van der Waals surface area contributed by atoms with Gasteiger partial charge in [-0.3, -0.25) is 4.79 Å². The molecular weight excluding hydrogens is 300 g/mol. The fraction of sp³-hybridized carbons (Fsp3) is 0.462. The minimum atomic E-state index is -3.79. The lowest BCUT2D eigenvalue weighted by molar-refractivity contribution is -0.123. The van der Waals surface area contributed by atoms with Crippen molar-refractivity contribution in [2.24, 2.45) is 0 Å². The van der Waals surface area contributed by atoms with Crippen LogP contribution in [0.5, 0.6) is 0 Å². The second kappa shape index (κ2) is 5.71. The molecule has 0 bridgehead atoms. The molecule has 1 aromatic carbocycles. The molecule has 1 amide bonds. The fourth-order valence-electron chi connectivity index (χ4n) is 2.31. The van der Waals surface area contributed by atoms with E-state index in [-0.39, 0.29) is 15.8 Å². The highest BCUT2D eigenvalue weighted by Gasteiger charge is 2.36. The van der Waals surface area contributed by atoms with Crippen molar-refractivity contribution in [1.29, 1.82) is 0 Å². The Kier molecular flexibility index (Phi) is 4.36.